The van der Waals surface area contributed by atoms with Crippen LogP contribution in [0.4, 0.5) is 0 Å². The molecule has 21 heavy (non-hydrogen) atoms. The summed E-state index contributed by atoms with van der Waals surface area (Å²) in [6, 6.07) is -1.78. The molecule has 0 aromatic rings. The van der Waals surface area contributed by atoms with Crippen molar-refractivity contribution >= 4 is 17.7 Å². The maximum absolute atomic E-state index is 12.7. The Bertz CT molecular complexity index is 409. The van der Waals surface area contributed by atoms with Gasteiger partial charge in [0.1, 0.15) is 12.1 Å². The van der Waals surface area contributed by atoms with E-state index in [0.717, 1.165) is 6.42 Å². The number of hydrogen-bond donors (Lipinski definition) is 3. The second-order valence-electron chi connectivity index (χ2n) is 5.82. The second-order valence-corrected chi connectivity index (χ2v) is 5.82. The Hall–Kier alpha value is -1.63. The van der Waals surface area contributed by atoms with Gasteiger partial charge in [0.05, 0.1) is 6.04 Å². The van der Waals surface area contributed by atoms with Gasteiger partial charge in [-0.15, -0.1) is 0 Å². The Morgan fingerprint density at radius 3 is 2.33 bits per heavy atom. The first kappa shape index (κ1) is 17.4. The smallest absolute Gasteiger partial charge is 0.246 e. The van der Waals surface area contributed by atoms with Crippen molar-refractivity contribution in [2.24, 2.45) is 11.7 Å². The van der Waals surface area contributed by atoms with E-state index in [0.29, 0.717) is 13.0 Å². The number of likely N-dealkylation sites (N-methyl/N-ethyl adjacent to an activating group) is 1. The number of likely N-dealkylation sites (tertiary alicyclic amines) is 1. The topological polar surface area (TPSA) is 105 Å². The number of amides is 3. The van der Waals surface area contributed by atoms with E-state index in [1.165, 1.54) is 0 Å². The van der Waals surface area contributed by atoms with Crippen LogP contribution in [0.2, 0.25) is 0 Å². The second kappa shape index (κ2) is 7.40. The van der Waals surface area contributed by atoms with E-state index in [2.05, 4.69) is 10.6 Å². The summed E-state index contributed by atoms with van der Waals surface area (Å²) in [5, 5.41) is 5.26. The molecular weight excluding hydrogens is 272 g/mol. The lowest BCUT2D eigenvalue weighted by Gasteiger charge is -2.30. The molecule has 7 nitrogen and oxygen atoms in total. The molecule has 0 radical (unpaired) electrons. The van der Waals surface area contributed by atoms with Crippen LogP contribution in [-0.4, -0.2) is 54.3 Å². The Kier molecular flexibility index (Phi) is 6.14. The highest BCUT2D eigenvalue weighted by atomic mass is 16.2. The zero-order valence-electron chi connectivity index (χ0n) is 13.2. The third-order valence-electron chi connectivity index (χ3n) is 3.73. The van der Waals surface area contributed by atoms with E-state index in [4.69, 9.17) is 5.73 Å². The van der Waals surface area contributed by atoms with Gasteiger partial charge in [-0.25, -0.2) is 0 Å². The van der Waals surface area contributed by atoms with Crippen LogP contribution in [0.1, 0.15) is 33.6 Å². The minimum atomic E-state index is -0.674. The molecule has 4 N–H and O–H groups in total. The van der Waals surface area contributed by atoms with Crippen LogP contribution in [-0.2, 0) is 14.4 Å². The number of nitrogens with one attached hydrogen (secondary N) is 2. The summed E-state index contributed by atoms with van der Waals surface area (Å²) in [7, 11) is 1.56. The number of nitrogens with zero attached hydrogens (tertiary/aromatic N) is 1. The molecular formula is C14H26N4O3. The highest BCUT2D eigenvalue weighted by Crippen LogP contribution is 2.20. The minimum absolute atomic E-state index is 0.0777. The molecule has 1 rings (SSSR count). The maximum atomic E-state index is 12.7. The van der Waals surface area contributed by atoms with Crippen molar-refractivity contribution in [3.05, 3.63) is 0 Å². The summed E-state index contributed by atoms with van der Waals surface area (Å²) < 4.78 is 0. The molecule has 0 aromatic carbocycles. The normalized spacial score (nSPS) is 21.0. The van der Waals surface area contributed by atoms with Crippen molar-refractivity contribution < 1.29 is 14.4 Å². The van der Waals surface area contributed by atoms with Crippen molar-refractivity contribution in [2.75, 3.05) is 13.6 Å². The Morgan fingerprint density at radius 2 is 1.86 bits per heavy atom. The van der Waals surface area contributed by atoms with Crippen LogP contribution in [0.15, 0.2) is 0 Å². The van der Waals surface area contributed by atoms with Crippen molar-refractivity contribution in [1.29, 1.82) is 0 Å². The van der Waals surface area contributed by atoms with E-state index in [1.807, 2.05) is 13.8 Å². The van der Waals surface area contributed by atoms with Gasteiger partial charge in [0, 0.05) is 13.6 Å². The van der Waals surface area contributed by atoms with Gasteiger partial charge >= 0.3 is 0 Å². The van der Waals surface area contributed by atoms with Gasteiger partial charge in [0.15, 0.2) is 0 Å². The molecule has 0 aromatic heterocycles. The average molecular weight is 298 g/mol. The van der Waals surface area contributed by atoms with Crippen LogP contribution in [0.5, 0.6) is 0 Å². The molecule has 1 aliphatic heterocycles. The Balaban J connectivity index is 2.85. The number of carbonyl (C=O) groups excluding carboxylic acids is 3. The monoisotopic (exact) mass is 298 g/mol. The van der Waals surface area contributed by atoms with Gasteiger partial charge in [-0.05, 0) is 25.7 Å². The first-order valence-electron chi connectivity index (χ1n) is 7.37. The van der Waals surface area contributed by atoms with Gasteiger partial charge in [-0.3, -0.25) is 14.4 Å². The molecule has 3 amide bonds. The number of hydrogen-bond acceptors (Lipinski definition) is 4. The molecule has 120 valence electrons. The maximum Gasteiger partial charge on any atom is 0.246 e. The molecule has 3 atom stereocenters. The average Bonchev–Trinajstić information content (AvgIpc) is 2.91. The van der Waals surface area contributed by atoms with Gasteiger partial charge < -0.3 is 21.3 Å². The molecule has 1 aliphatic rings. The van der Waals surface area contributed by atoms with Gasteiger partial charge in [0.25, 0.3) is 0 Å². The summed E-state index contributed by atoms with van der Waals surface area (Å²) in [6.07, 6.45) is 1.44. The highest BCUT2D eigenvalue weighted by molar-refractivity contribution is 5.93. The van der Waals surface area contributed by atoms with Crippen molar-refractivity contribution in [3.63, 3.8) is 0 Å². The Morgan fingerprint density at radius 1 is 1.24 bits per heavy atom. The zero-order chi connectivity index (χ0) is 16.2. The predicted molar refractivity (Wildman–Crippen MR) is 79.2 cm³/mol. The fraction of sp³-hybridized carbons (Fsp3) is 0.786. The summed E-state index contributed by atoms with van der Waals surface area (Å²) >= 11 is 0. The van der Waals surface area contributed by atoms with Crippen molar-refractivity contribution in [2.45, 2.75) is 51.7 Å². The van der Waals surface area contributed by atoms with Crippen molar-refractivity contribution in [1.82, 2.24) is 15.5 Å². The SMILES string of the molecule is CNC(=O)[C@@H]1CCCN1C(=O)[C@@H](NC(=O)[C@H](C)N)C(C)C. The zero-order valence-corrected chi connectivity index (χ0v) is 13.2. The van der Waals surface area contributed by atoms with E-state index in [1.54, 1.807) is 18.9 Å². The first-order valence-corrected chi connectivity index (χ1v) is 7.37. The standard InChI is InChI=1S/C14H26N4O3/c1-8(2)11(17-12(19)9(3)15)14(21)18-7-5-6-10(18)13(20)16-4/h8-11H,5-7,15H2,1-4H3,(H,16,20)(H,17,19)/t9-,10-,11-/m0/s1. The van der Waals surface area contributed by atoms with E-state index in [9.17, 15) is 14.4 Å². The summed E-state index contributed by atoms with van der Waals surface area (Å²) in [5.41, 5.74) is 5.53. The number of rotatable bonds is 5. The van der Waals surface area contributed by atoms with Crippen molar-refractivity contribution in [3.8, 4) is 0 Å². The summed E-state index contributed by atoms with van der Waals surface area (Å²) in [6.45, 7) is 5.82. The largest absolute Gasteiger partial charge is 0.357 e. The van der Waals surface area contributed by atoms with E-state index in [-0.39, 0.29) is 23.6 Å². The summed E-state index contributed by atoms with van der Waals surface area (Å²) in [5.74, 6) is -0.823. The van der Waals surface area contributed by atoms with Gasteiger partial charge in [-0.2, -0.15) is 0 Å². The molecule has 1 saturated heterocycles. The fourth-order valence-electron chi connectivity index (χ4n) is 2.45. The van der Waals surface area contributed by atoms with Crippen LogP contribution in [0.25, 0.3) is 0 Å². The lowest BCUT2D eigenvalue weighted by Crippen LogP contribution is -2.56. The molecule has 0 aliphatic carbocycles. The number of nitrogens with two attached hydrogens (primary N) is 1. The molecule has 1 fully saturated rings. The van der Waals surface area contributed by atoms with E-state index < -0.39 is 18.1 Å². The molecule has 1 heterocycles. The molecule has 0 unspecified atom stereocenters. The van der Waals surface area contributed by atoms with E-state index >= 15 is 0 Å². The highest BCUT2D eigenvalue weighted by Gasteiger charge is 2.38. The van der Waals surface area contributed by atoms with Crippen LogP contribution in [0, 0.1) is 5.92 Å². The lowest BCUT2D eigenvalue weighted by molar-refractivity contribution is -0.142. The van der Waals surface area contributed by atoms with Crippen LogP contribution in [0.3, 0.4) is 0 Å². The third kappa shape index (κ3) is 4.17. The molecule has 0 bridgehead atoms. The molecule has 0 spiro atoms. The Labute approximate surface area is 125 Å². The minimum Gasteiger partial charge on any atom is -0.357 e. The predicted octanol–water partition coefficient (Wildman–Crippen LogP) is -0.789. The fourth-order valence-corrected chi connectivity index (χ4v) is 2.45. The van der Waals surface area contributed by atoms with Crippen LogP contribution >= 0.6 is 0 Å². The number of carbonyl (C=O) groups is 3. The molecule has 7 heteroatoms. The summed E-state index contributed by atoms with van der Waals surface area (Å²) in [4.78, 5) is 37.8. The quantitative estimate of drug-likeness (QED) is 0.618. The van der Waals surface area contributed by atoms with Gasteiger partial charge in [0.2, 0.25) is 17.7 Å². The first-order chi connectivity index (χ1) is 9.79. The third-order valence-corrected chi connectivity index (χ3v) is 3.73. The molecule has 0 saturated carbocycles. The van der Waals surface area contributed by atoms with Gasteiger partial charge in [-0.1, -0.05) is 13.8 Å². The lowest BCUT2D eigenvalue weighted by atomic mass is 10.0. The van der Waals surface area contributed by atoms with Crippen LogP contribution < -0.4 is 16.4 Å².